The highest BCUT2D eigenvalue weighted by molar-refractivity contribution is 5.75. The van der Waals surface area contributed by atoms with Gasteiger partial charge in [0.05, 0.1) is 25.2 Å². The Morgan fingerprint density at radius 1 is 1.15 bits per heavy atom. The maximum atomic E-state index is 12.2. The molecule has 7 heteroatoms. The number of methoxy groups -OCH3 is 2. The number of ether oxygens (including phenoxy) is 2. The number of nitro benzene ring substituents is 1. The van der Waals surface area contributed by atoms with Gasteiger partial charge in [0.1, 0.15) is 0 Å². The van der Waals surface area contributed by atoms with Crippen molar-refractivity contribution < 1.29 is 19.2 Å². The monoisotopic (exact) mass is 356 g/mol. The van der Waals surface area contributed by atoms with Crippen LogP contribution in [-0.4, -0.2) is 36.5 Å². The number of nitro groups is 1. The van der Waals surface area contributed by atoms with E-state index >= 15 is 0 Å². The molecule has 0 saturated heterocycles. The summed E-state index contributed by atoms with van der Waals surface area (Å²) in [5.41, 5.74) is 2.85. The lowest BCUT2D eigenvalue weighted by molar-refractivity contribution is -0.384. The van der Waals surface area contributed by atoms with Crippen molar-refractivity contribution in [1.82, 2.24) is 4.90 Å². The summed E-state index contributed by atoms with van der Waals surface area (Å²) in [6.45, 7) is 2.10. The molecule has 0 fully saturated rings. The average molecular weight is 356 g/mol. The molecule has 0 unspecified atom stereocenters. The third kappa shape index (κ3) is 3.08. The first-order valence-corrected chi connectivity index (χ1v) is 8.22. The maximum Gasteiger partial charge on any atom is 0.269 e. The Hall–Kier alpha value is -3.09. The molecule has 0 radical (unpaired) electrons. The lowest BCUT2D eigenvalue weighted by Crippen LogP contribution is -2.39. The molecule has 1 amide bonds. The number of carbonyl (C=O) groups is 1. The summed E-state index contributed by atoms with van der Waals surface area (Å²) < 4.78 is 10.8. The molecular formula is C19H20N2O5. The molecule has 2 aromatic rings. The Balaban J connectivity index is 2.14. The van der Waals surface area contributed by atoms with E-state index in [1.165, 1.54) is 19.1 Å². The van der Waals surface area contributed by atoms with Gasteiger partial charge in [0.25, 0.3) is 5.69 Å². The van der Waals surface area contributed by atoms with Gasteiger partial charge in [-0.25, -0.2) is 0 Å². The number of non-ortho nitro benzene ring substituents is 1. The van der Waals surface area contributed by atoms with Crippen LogP contribution in [0.1, 0.15) is 29.7 Å². The van der Waals surface area contributed by atoms with Crippen molar-refractivity contribution in [2.75, 3.05) is 20.8 Å². The Kier molecular flexibility index (Phi) is 4.79. The van der Waals surface area contributed by atoms with E-state index in [0.717, 1.165) is 16.7 Å². The second kappa shape index (κ2) is 7.03. The summed E-state index contributed by atoms with van der Waals surface area (Å²) in [7, 11) is 3.15. The van der Waals surface area contributed by atoms with Crippen molar-refractivity contribution in [2.24, 2.45) is 0 Å². The normalized spacial score (nSPS) is 16.0. The van der Waals surface area contributed by atoms with Crippen molar-refractivity contribution >= 4 is 11.6 Å². The van der Waals surface area contributed by atoms with E-state index in [4.69, 9.17) is 9.47 Å². The van der Waals surface area contributed by atoms with E-state index in [1.54, 1.807) is 31.3 Å². The standard InChI is InChI=1S/C19H20N2O5/c1-12(22)20-9-8-14-10-17(25-2)18(26-3)11-16(14)19(20)13-4-6-15(7-5-13)21(23)24/h4-7,10-11,19H,8-9H2,1-3H3/t19-/m0/s1. The molecule has 0 spiro atoms. The second-order valence-corrected chi connectivity index (χ2v) is 6.12. The Bertz CT molecular complexity index is 848. The van der Waals surface area contributed by atoms with Crippen LogP contribution in [0.2, 0.25) is 0 Å². The Morgan fingerprint density at radius 3 is 2.31 bits per heavy atom. The number of carbonyl (C=O) groups excluding carboxylic acids is 1. The quantitative estimate of drug-likeness (QED) is 0.621. The average Bonchev–Trinajstić information content (AvgIpc) is 2.65. The molecular weight excluding hydrogens is 336 g/mol. The van der Waals surface area contributed by atoms with Crippen LogP contribution < -0.4 is 9.47 Å². The van der Waals surface area contributed by atoms with Gasteiger partial charge >= 0.3 is 0 Å². The zero-order valence-corrected chi connectivity index (χ0v) is 14.9. The van der Waals surface area contributed by atoms with Gasteiger partial charge in [-0.05, 0) is 47.4 Å². The molecule has 1 atom stereocenters. The summed E-state index contributed by atoms with van der Waals surface area (Å²) in [6, 6.07) is 9.82. The maximum absolute atomic E-state index is 12.2. The molecule has 26 heavy (non-hydrogen) atoms. The number of amides is 1. The van der Waals surface area contributed by atoms with Gasteiger partial charge in [-0.2, -0.15) is 0 Å². The fourth-order valence-electron chi connectivity index (χ4n) is 3.42. The van der Waals surface area contributed by atoms with Crippen LogP contribution in [0, 0.1) is 10.1 Å². The van der Waals surface area contributed by atoms with Gasteiger partial charge in [0.15, 0.2) is 11.5 Å². The number of hydrogen-bond donors (Lipinski definition) is 0. The summed E-state index contributed by atoms with van der Waals surface area (Å²) in [5.74, 6) is 1.18. The fraction of sp³-hybridized carbons (Fsp3) is 0.316. The van der Waals surface area contributed by atoms with Gasteiger partial charge in [-0.15, -0.1) is 0 Å². The highest BCUT2D eigenvalue weighted by Crippen LogP contribution is 2.41. The van der Waals surface area contributed by atoms with Crippen LogP contribution in [-0.2, 0) is 11.2 Å². The Labute approximate surface area is 151 Å². The first-order chi connectivity index (χ1) is 12.5. The SMILES string of the molecule is COc1cc2c(cc1OC)[C@H](c1ccc([N+](=O)[O-])cc1)N(C(C)=O)CC2. The minimum absolute atomic E-state index is 0.0199. The fourth-order valence-corrected chi connectivity index (χ4v) is 3.42. The number of rotatable bonds is 4. The number of hydrogen-bond acceptors (Lipinski definition) is 5. The van der Waals surface area contributed by atoms with Crippen LogP contribution >= 0.6 is 0 Å². The first kappa shape index (κ1) is 17.7. The summed E-state index contributed by atoms with van der Waals surface area (Å²) in [5, 5.41) is 10.9. The largest absolute Gasteiger partial charge is 0.493 e. The highest BCUT2D eigenvalue weighted by atomic mass is 16.6. The Morgan fingerprint density at radius 2 is 1.77 bits per heavy atom. The molecule has 2 aromatic carbocycles. The molecule has 1 heterocycles. The van der Waals surface area contributed by atoms with E-state index in [2.05, 4.69) is 0 Å². The first-order valence-electron chi connectivity index (χ1n) is 8.22. The van der Waals surface area contributed by atoms with Crippen molar-refractivity contribution in [1.29, 1.82) is 0 Å². The number of benzene rings is 2. The molecule has 0 bridgehead atoms. The summed E-state index contributed by atoms with van der Waals surface area (Å²) >= 11 is 0. The van der Waals surface area contributed by atoms with Crippen molar-refractivity contribution in [2.45, 2.75) is 19.4 Å². The zero-order chi connectivity index (χ0) is 18.8. The second-order valence-electron chi connectivity index (χ2n) is 6.12. The third-order valence-electron chi connectivity index (χ3n) is 4.70. The van der Waals surface area contributed by atoms with Crippen LogP contribution in [0.5, 0.6) is 11.5 Å². The molecule has 0 aliphatic carbocycles. The minimum atomic E-state index is -0.435. The molecule has 7 nitrogen and oxygen atoms in total. The number of nitrogens with zero attached hydrogens (tertiary/aromatic N) is 2. The smallest absolute Gasteiger partial charge is 0.269 e. The zero-order valence-electron chi connectivity index (χ0n) is 14.9. The predicted octanol–water partition coefficient (Wildman–Crippen LogP) is 3.11. The van der Waals surface area contributed by atoms with Crippen LogP contribution in [0.25, 0.3) is 0 Å². The molecule has 3 rings (SSSR count). The van der Waals surface area contributed by atoms with E-state index < -0.39 is 4.92 Å². The molecule has 136 valence electrons. The topological polar surface area (TPSA) is 81.9 Å². The molecule has 0 N–H and O–H groups in total. The summed E-state index contributed by atoms with van der Waals surface area (Å²) in [4.78, 5) is 24.5. The van der Waals surface area contributed by atoms with Crippen molar-refractivity contribution in [3.05, 3.63) is 63.2 Å². The minimum Gasteiger partial charge on any atom is -0.493 e. The van der Waals surface area contributed by atoms with Gasteiger partial charge < -0.3 is 14.4 Å². The van der Waals surface area contributed by atoms with Gasteiger partial charge in [0.2, 0.25) is 5.91 Å². The van der Waals surface area contributed by atoms with Crippen LogP contribution in [0.15, 0.2) is 36.4 Å². The summed E-state index contributed by atoms with van der Waals surface area (Å²) in [6.07, 6.45) is 0.707. The van der Waals surface area contributed by atoms with E-state index in [-0.39, 0.29) is 17.6 Å². The van der Waals surface area contributed by atoms with Crippen LogP contribution in [0.3, 0.4) is 0 Å². The van der Waals surface area contributed by atoms with Crippen LogP contribution in [0.4, 0.5) is 5.69 Å². The third-order valence-corrected chi connectivity index (χ3v) is 4.70. The van der Waals surface area contributed by atoms with Crippen molar-refractivity contribution in [3.63, 3.8) is 0 Å². The van der Waals surface area contributed by atoms with Gasteiger partial charge in [0, 0.05) is 25.6 Å². The molecule has 0 saturated carbocycles. The van der Waals surface area contributed by atoms with E-state index in [9.17, 15) is 14.9 Å². The van der Waals surface area contributed by atoms with E-state index in [1.807, 2.05) is 12.1 Å². The molecule has 1 aliphatic heterocycles. The highest BCUT2D eigenvalue weighted by Gasteiger charge is 2.32. The lowest BCUT2D eigenvalue weighted by atomic mass is 9.87. The van der Waals surface area contributed by atoms with E-state index in [0.29, 0.717) is 24.5 Å². The van der Waals surface area contributed by atoms with Crippen molar-refractivity contribution in [3.8, 4) is 11.5 Å². The van der Waals surface area contributed by atoms with Gasteiger partial charge in [-0.3, -0.25) is 14.9 Å². The lowest BCUT2D eigenvalue weighted by Gasteiger charge is -2.37. The molecule has 1 aliphatic rings. The number of fused-ring (bicyclic) bond motifs is 1. The van der Waals surface area contributed by atoms with Gasteiger partial charge in [-0.1, -0.05) is 0 Å². The molecule has 0 aromatic heterocycles. The predicted molar refractivity (Wildman–Crippen MR) is 95.6 cm³/mol.